The highest BCUT2D eigenvalue weighted by Crippen LogP contribution is 2.32. The zero-order valence-electron chi connectivity index (χ0n) is 16.6. The Labute approximate surface area is 175 Å². The molecule has 0 radical (unpaired) electrons. The first-order valence-corrected chi connectivity index (χ1v) is 10.1. The molecule has 1 atom stereocenters. The predicted octanol–water partition coefficient (Wildman–Crippen LogP) is 4.72. The van der Waals surface area contributed by atoms with E-state index in [2.05, 4.69) is 4.98 Å². The molecule has 1 fully saturated rings. The number of pyridine rings is 1. The summed E-state index contributed by atoms with van der Waals surface area (Å²) in [7, 11) is 0. The van der Waals surface area contributed by atoms with Gasteiger partial charge in [-0.15, -0.1) is 0 Å². The number of benzene rings is 1. The standard InChI is InChI=1S/C22H25ClN2O4/c1-14(2)12-21(26)25-11-3-4-20(25)18-10-9-17(22(27)28)19(24-18)13-29-16-7-5-15(23)6-8-16/h5-10,14,20H,3-4,11-13H2,1-2H3,(H,27,28). The maximum Gasteiger partial charge on any atom is 0.337 e. The number of hydrogen-bond acceptors (Lipinski definition) is 4. The zero-order valence-corrected chi connectivity index (χ0v) is 17.4. The number of carbonyl (C=O) groups excluding carboxylic acids is 1. The topological polar surface area (TPSA) is 79.7 Å². The lowest BCUT2D eigenvalue weighted by Crippen LogP contribution is -2.32. The van der Waals surface area contributed by atoms with Crippen molar-refractivity contribution in [3.05, 3.63) is 58.4 Å². The highest BCUT2D eigenvalue weighted by atomic mass is 35.5. The minimum atomic E-state index is -1.06. The molecule has 1 N–H and O–H groups in total. The second kappa shape index (κ2) is 9.27. The largest absolute Gasteiger partial charge is 0.487 e. The summed E-state index contributed by atoms with van der Waals surface area (Å²) in [6, 6.07) is 9.98. The number of nitrogens with zero attached hydrogens (tertiary/aromatic N) is 2. The molecule has 6 nitrogen and oxygen atoms in total. The number of likely N-dealkylation sites (tertiary alicyclic amines) is 1. The van der Waals surface area contributed by atoms with E-state index in [1.54, 1.807) is 36.4 Å². The zero-order chi connectivity index (χ0) is 21.0. The molecule has 0 bridgehead atoms. The second-order valence-corrected chi connectivity index (χ2v) is 8.06. The summed E-state index contributed by atoms with van der Waals surface area (Å²) in [5.74, 6) is -0.0783. The van der Waals surface area contributed by atoms with Crippen LogP contribution in [0.3, 0.4) is 0 Å². The molecule has 2 aromatic rings. The number of aromatic carboxylic acids is 1. The number of hydrogen-bond donors (Lipinski definition) is 1. The number of carbonyl (C=O) groups is 2. The molecular weight excluding hydrogens is 392 g/mol. The highest BCUT2D eigenvalue weighted by Gasteiger charge is 2.31. The van der Waals surface area contributed by atoms with Gasteiger partial charge >= 0.3 is 5.97 Å². The van der Waals surface area contributed by atoms with Crippen molar-refractivity contribution in [2.45, 2.75) is 45.8 Å². The molecule has 7 heteroatoms. The number of carboxylic acid groups (broad SMARTS) is 1. The smallest absolute Gasteiger partial charge is 0.337 e. The van der Waals surface area contributed by atoms with Crippen LogP contribution in [0.1, 0.15) is 60.9 Å². The van der Waals surface area contributed by atoms with Crippen molar-refractivity contribution in [3.63, 3.8) is 0 Å². The van der Waals surface area contributed by atoms with E-state index in [0.29, 0.717) is 35.1 Å². The van der Waals surface area contributed by atoms with Gasteiger partial charge < -0.3 is 14.7 Å². The van der Waals surface area contributed by atoms with Crippen LogP contribution in [0.25, 0.3) is 0 Å². The number of ether oxygens (including phenoxy) is 1. The normalized spacial score (nSPS) is 16.3. The Morgan fingerprint density at radius 2 is 1.97 bits per heavy atom. The molecule has 1 aliphatic rings. The Kier molecular flexibility index (Phi) is 6.75. The maximum atomic E-state index is 12.6. The quantitative estimate of drug-likeness (QED) is 0.706. The van der Waals surface area contributed by atoms with Gasteiger partial charge in [0.25, 0.3) is 0 Å². The van der Waals surface area contributed by atoms with Gasteiger partial charge in [-0.2, -0.15) is 0 Å². The molecule has 3 rings (SSSR count). The van der Waals surface area contributed by atoms with Crippen LogP contribution < -0.4 is 4.74 Å². The van der Waals surface area contributed by atoms with Crippen LogP contribution in [-0.2, 0) is 11.4 Å². The SMILES string of the molecule is CC(C)CC(=O)N1CCCC1c1ccc(C(=O)O)c(COc2ccc(Cl)cc2)n1. The first kappa shape index (κ1) is 21.1. The molecule has 1 aliphatic heterocycles. The fraction of sp³-hybridized carbons (Fsp3) is 0.409. The van der Waals surface area contributed by atoms with Crippen molar-refractivity contribution >= 4 is 23.5 Å². The summed E-state index contributed by atoms with van der Waals surface area (Å²) in [4.78, 5) is 30.7. The summed E-state index contributed by atoms with van der Waals surface area (Å²) >= 11 is 5.88. The first-order chi connectivity index (χ1) is 13.8. The molecule has 1 saturated heterocycles. The third-order valence-corrected chi connectivity index (χ3v) is 5.16. The summed E-state index contributed by atoms with van der Waals surface area (Å²) in [5, 5.41) is 10.1. The summed E-state index contributed by atoms with van der Waals surface area (Å²) in [6.07, 6.45) is 2.23. The lowest BCUT2D eigenvalue weighted by Gasteiger charge is -2.25. The Balaban J connectivity index is 1.82. The third kappa shape index (κ3) is 5.26. The van der Waals surface area contributed by atoms with Gasteiger partial charge in [-0.1, -0.05) is 25.4 Å². The van der Waals surface area contributed by atoms with E-state index in [9.17, 15) is 14.7 Å². The van der Waals surface area contributed by atoms with E-state index in [4.69, 9.17) is 16.3 Å². The van der Waals surface area contributed by atoms with Crippen LogP contribution in [0, 0.1) is 5.92 Å². The number of amides is 1. The average molecular weight is 417 g/mol. The average Bonchev–Trinajstić information content (AvgIpc) is 3.16. The summed E-state index contributed by atoms with van der Waals surface area (Å²) in [5.41, 5.74) is 1.15. The van der Waals surface area contributed by atoms with Gasteiger partial charge in [0.1, 0.15) is 12.4 Å². The number of aromatic nitrogens is 1. The van der Waals surface area contributed by atoms with Gasteiger partial charge in [-0.05, 0) is 55.2 Å². The molecule has 1 unspecified atom stereocenters. The van der Waals surface area contributed by atoms with E-state index in [1.807, 2.05) is 18.7 Å². The molecule has 0 spiro atoms. The highest BCUT2D eigenvalue weighted by molar-refractivity contribution is 6.30. The Hall–Kier alpha value is -2.60. The van der Waals surface area contributed by atoms with Gasteiger partial charge in [0.2, 0.25) is 5.91 Å². The monoisotopic (exact) mass is 416 g/mol. The molecule has 2 heterocycles. The summed E-state index contributed by atoms with van der Waals surface area (Å²) in [6.45, 7) is 4.77. The molecule has 29 heavy (non-hydrogen) atoms. The van der Waals surface area contributed by atoms with Gasteiger partial charge in [-0.3, -0.25) is 9.78 Å². The van der Waals surface area contributed by atoms with Gasteiger partial charge in [0.05, 0.1) is 23.0 Å². The van der Waals surface area contributed by atoms with E-state index in [1.165, 1.54) is 0 Å². The Morgan fingerprint density at radius 3 is 2.62 bits per heavy atom. The lowest BCUT2D eigenvalue weighted by molar-refractivity contribution is -0.133. The summed E-state index contributed by atoms with van der Waals surface area (Å²) < 4.78 is 5.72. The van der Waals surface area contributed by atoms with Crippen LogP contribution in [0.5, 0.6) is 5.75 Å². The van der Waals surface area contributed by atoms with Crippen molar-refractivity contribution in [1.29, 1.82) is 0 Å². The fourth-order valence-corrected chi connectivity index (χ4v) is 3.66. The predicted molar refractivity (Wildman–Crippen MR) is 110 cm³/mol. The molecule has 0 aliphatic carbocycles. The van der Waals surface area contributed by atoms with Crippen LogP contribution >= 0.6 is 11.6 Å². The van der Waals surface area contributed by atoms with Crippen molar-refractivity contribution < 1.29 is 19.4 Å². The van der Waals surface area contributed by atoms with Crippen LogP contribution in [0.2, 0.25) is 5.02 Å². The first-order valence-electron chi connectivity index (χ1n) is 9.76. The van der Waals surface area contributed by atoms with E-state index in [0.717, 1.165) is 12.8 Å². The number of halogens is 1. The Morgan fingerprint density at radius 1 is 1.24 bits per heavy atom. The number of carboxylic acids is 1. The van der Waals surface area contributed by atoms with Gasteiger partial charge in [0, 0.05) is 18.0 Å². The van der Waals surface area contributed by atoms with Crippen molar-refractivity contribution in [1.82, 2.24) is 9.88 Å². The molecule has 1 aromatic heterocycles. The molecule has 154 valence electrons. The number of rotatable bonds is 7. The third-order valence-electron chi connectivity index (χ3n) is 4.91. The van der Waals surface area contributed by atoms with Crippen LogP contribution in [-0.4, -0.2) is 33.4 Å². The fourth-order valence-electron chi connectivity index (χ4n) is 3.53. The van der Waals surface area contributed by atoms with E-state index < -0.39 is 5.97 Å². The van der Waals surface area contributed by atoms with Gasteiger partial charge in [-0.25, -0.2) is 4.79 Å². The van der Waals surface area contributed by atoms with E-state index in [-0.39, 0.29) is 30.0 Å². The molecule has 0 saturated carbocycles. The molecule has 1 aromatic carbocycles. The van der Waals surface area contributed by atoms with Crippen molar-refractivity contribution in [3.8, 4) is 5.75 Å². The minimum Gasteiger partial charge on any atom is -0.487 e. The Bertz CT molecular complexity index is 883. The lowest BCUT2D eigenvalue weighted by atomic mass is 10.1. The van der Waals surface area contributed by atoms with Crippen LogP contribution in [0.4, 0.5) is 0 Å². The van der Waals surface area contributed by atoms with E-state index >= 15 is 0 Å². The molecular formula is C22H25ClN2O4. The van der Waals surface area contributed by atoms with Gasteiger partial charge in [0.15, 0.2) is 0 Å². The molecule has 1 amide bonds. The van der Waals surface area contributed by atoms with Crippen molar-refractivity contribution in [2.75, 3.05) is 6.54 Å². The van der Waals surface area contributed by atoms with Crippen LogP contribution in [0.15, 0.2) is 36.4 Å². The second-order valence-electron chi connectivity index (χ2n) is 7.62. The minimum absolute atomic E-state index is 0.0176. The van der Waals surface area contributed by atoms with Crippen molar-refractivity contribution in [2.24, 2.45) is 5.92 Å². The maximum absolute atomic E-state index is 12.6.